The molecule has 0 aliphatic heterocycles. The van der Waals surface area contributed by atoms with Crippen LogP contribution in [0.3, 0.4) is 0 Å². The molecule has 0 amide bonds. The minimum Gasteiger partial charge on any atom is -0.459 e. The molecule has 0 bridgehead atoms. The molecule has 3 nitrogen and oxygen atoms in total. The number of pyridine rings is 1. The third kappa shape index (κ3) is 1.60. The molecule has 0 unspecified atom stereocenters. The minimum atomic E-state index is 0.866. The number of hydrogen-bond donors (Lipinski definition) is 1. The van der Waals surface area contributed by atoms with Gasteiger partial charge < -0.3 is 9.40 Å². The monoisotopic (exact) mass is 314 g/mol. The predicted molar refractivity (Wildman–Crippen MR) is 80.1 cm³/mol. The lowest BCUT2D eigenvalue weighted by molar-refractivity contribution is 0.535. The zero-order valence-corrected chi connectivity index (χ0v) is 11.7. The Morgan fingerprint density at radius 2 is 2.26 bits per heavy atom. The Balaban J connectivity index is 2.19. The van der Waals surface area contributed by atoms with Crippen LogP contribution in [0, 0.1) is 0 Å². The van der Waals surface area contributed by atoms with Gasteiger partial charge >= 0.3 is 0 Å². The summed E-state index contributed by atoms with van der Waals surface area (Å²) in [6.07, 6.45) is 14.1. The van der Waals surface area contributed by atoms with Crippen molar-refractivity contribution in [3.05, 3.63) is 46.4 Å². The Hall–Kier alpha value is -1.81. The van der Waals surface area contributed by atoms with Crippen LogP contribution in [-0.2, 0) is 6.42 Å². The molecule has 0 atom stereocenters. The number of hydrogen-bond acceptors (Lipinski definition) is 2. The highest BCUT2D eigenvalue weighted by atomic mass is 79.9. The number of H-pyrrole nitrogens is 1. The van der Waals surface area contributed by atoms with Crippen LogP contribution in [0.25, 0.3) is 28.1 Å². The normalized spacial score (nSPS) is 18.2. The van der Waals surface area contributed by atoms with Gasteiger partial charge in [0.2, 0.25) is 0 Å². The lowest BCUT2D eigenvalue weighted by Crippen LogP contribution is -1.93. The van der Waals surface area contributed by atoms with E-state index in [1.54, 1.807) is 0 Å². The van der Waals surface area contributed by atoms with Gasteiger partial charge in [-0.25, -0.2) is 4.98 Å². The third-order valence-corrected chi connectivity index (χ3v) is 4.06. The van der Waals surface area contributed by atoms with E-state index in [0.29, 0.717) is 0 Å². The molecule has 4 rings (SSSR count). The van der Waals surface area contributed by atoms with Gasteiger partial charge in [-0.2, -0.15) is 0 Å². The fraction of sp³-hybridized carbons (Fsp3) is 0.133. The van der Waals surface area contributed by atoms with Gasteiger partial charge in [0.1, 0.15) is 11.4 Å². The van der Waals surface area contributed by atoms with E-state index in [2.05, 4.69) is 50.2 Å². The highest BCUT2D eigenvalue weighted by molar-refractivity contribution is 9.10. The number of nitrogens with zero attached hydrogens (tertiary/aromatic N) is 1. The zero-order valence-electron chi connectivity index (χ0n) is 10.1. The molecule has 94 valence electrons. The molecule has 1 N–H and O–H groups in total. The van der Waals surface area contributed by atoms with E-state index in [0.717, 1.165) is 50.6 Å². The summed E-state index contributed by atoms with van der Waals surface area (Å²) in [5, 5.41) is 2.21. The van der Waals surface area contributed by atoms with E-state index in [4.69, 9.17) is 4.42 Å². The molecule has 0 spiro atoms. The smallest absolute Gasteiger partial charge is 0.154 e. The van der Waals surface area contributed by atoms with Crippen molar-refractivity contribution in [3.8, 4) is 0 Å². The average Bonchev–Trinajstić information content (AvgIpc) is 2.80. The molecule has 3 heterocycles. The second-order valence-electron chi connectivity index (χ2n) is 4.63. The number of aromatic nitrogens is 2. The van der Waals surface area contributed by atoms with E-state index in [1.165, 1.54) is 0 Å². The van der Waals surface area contributed by atoms with Gasteiger partial charge in [-0.15, -0.1) is 0 Å². The number of aromatic amines is 1. The number of allylic oxidation sites excluding steroid dienone is 3. The van der Waals surface area contributed by atoms with E-state index in [9.17, 15) is 0 Å². The van der Waals surface area contributed by atoms with Crippen LogP contribution in [0.1, 0.15) is 17.7 Å². The van der Waals surface area contributed by atoms with Gasteiger partial charge in [-0.1, -0.05) is 24.3 Å². The second kappa shape index (κ2) is 4.10. The van der Waals surface area contributed by atoms with Gasteiger partial charge in [0.25, 0.3) is 0 Å². The summed E-state index contributed by atoms with van der Waals surface area (Å²) in [6.45, 7) is 0. The van der Waals surface area contributed by atoms with Crippen molar-refractivity contribution in [1.29, 1.82) is 0 Å². The molecule has 19 heavy (non-hydrogen) atoms. The first kappa shape index (κ1) is 11.1. The van der Waals surface area contributed by atoms with E-state index >= 15 is 0 Å². The summed E-state index contributed by atoms with van der Waals surface area (Å²) in [5.74, 6) is 1.02. The first-order valence-electron chi connectivity index (χ1n) is 6.25. The molecule has 3 aromatic heterocycles. The Bertz CT molecular complexity index is 839. The van der Waals surface area contributed by atoms with Crippen molar-refractivity contribution in [1.82, 2.24) is 9.97 Å². The molecule has 4 heteroatoms. The summed E-state index contributed by atoms with van der Waals surface area (Å²) in [7, 11) is 0. The maximum absolute atomic E-state index is 6.12. The van der Waals surface area contributed by atoms with E-state index in [1.807, 2.05) is 12.4 Å². The van der Waals surface area contributed by atoms with Crippen LogP contribution in [0.2, 0.25) is 0 Å². The van der Waals surface area contributed by atoms with Gasteiger partial charge in [-0.3, -0.25) is 0 Å². The molecule has 1 aliphatic carbocycles. The summed E-state index contributed by atoms with van der Waals surface area (Å²) >= 11 is 3.54. The minimum absolute atomic E-state index is 0.866. The van der Waals surface area contributed by atoms with Gasteiger partial charge in [0, 0.05) is 29.8 Å². The highest BCUT2D eigenvalue weighted by Crippen LogP contribution is 2.36. The number of aryl methyl sites for hydroxylation is 1. The van der Waals surface area contributed by atoms with Gasteiger partial charge in [0.15, 0.2) is 5.58 Å². The van der Waals surface area contributed by atoms with Crippen molar-refractivity contribution >= 4 is 44.0 Å². The molecular weight excluding hydrogens is 304 g/mol. The number of halogens is 1. The molecule has 0 saturated heterocycles. The van der Waals surface area contributed by atoms with Gasteiger partial charge in [-0.05, 0) is 22.4 Å². The fourth-order valence-electron chi connectivity index (χ4n) is 2.58. The highest BCUT2D eigenvalue weighted by Gasteiger charge is 2.17. The SMILES string of the molecule is Brc1c[nH]c2ncc3c4c(oc1c23)CC/C=C\C=C/4. The van der Waals surface area contributed by atoms with Crippen LogP contribution >= 0.6 is 15.9 Å². The molecular formula is C15H11BrN2O. The van der Waals surface area contributed by atoms with Crippen LogP contribution in [0.5, 0.6) is 0 Å². The number of fused-ring (bicyclic) bond motifs is 2. The Morgan fingerprint density at radius 1 is 1.32 bits per heavy atom. The lowest BCUT2D eigenvalue weighted by Gasteiger charge is -2.10. The van der Waals surface area contributed by atoms with Crippen LogP contribution in [-0.4, -0.2) is 9.97 Å². The van der Waals surface area contributed by atoms with Crippen molar-refractivity contribution in [2.24, 2.45) is 0 Å². The molecule has 0 radical (unpaired) electrons. The summed E-state index contributed by atoms with van der Waals surface area (Å²) in [5.41, 5.74) is 2.88. The van der Waals surface area contributed by atoms with E-state index < -0.39 is 0 Å². The maximum Gasteiger partial charge on any atom is 0.154 e. The Kier molecular flexibility index (Phi) is 2.38. The molecule has 1 aliphatic rings. The van der Waals surface area contributed by atoms with E-state index in [-0.39, 0.29) is 0 Å². The summed E-state index contributed by atoms with van der Waals surface area (Å²) in [4.78, 5) is 7.61. The Morgan fingerprint density at radius 3 is 3.21 bits per heavy atom. The molecule has 3 aromatic rings. The number of nitrogens with one attached hydrogen (secondary N) is 1. The molecule has 0 fully saturated rings. The summed E-state index contributed by atoms with van der Waals surface area (Å²) < 4.78 is 7.05. The maximum atomic E-state index is 6.12. The van der Waals surface area contributed by atoms with Crippen LogP contribution in [0.4, 0.5) is 0 Å². The first-order chi connectivity index (χ1) is 9.34. The molecule has 0 saturated carbocycles. The van der Waals surface area contributed by atoms with Crippen LogP contribution < -0.4 is 0 Å². The average molecular weight is 315 g/mol. The summed E-state index contributed by atoms with van der Waals surface area (Å²) in [6, 6.07) is 0. The quantitative estimate of drug-likeness (QED) is 0.659. The standard InChI is InChI=1S/C15H11BrN2O/c16-11-8-18-15-13-10(7-17-15)9-5-3-1-2-4-6-12(9)19-14(11)13/h1-3,5,7-8H,4,6H2,(H,17,18)/b2-1-,5-3-. The topological polar surface area (TPSA) is 41.8 Å². The van der Waals surface area contributed by atoms with Crippen molar-refractivity contribution in [2.45, 2.75) is 12.8 Å². The number of rotatable bonds is 0. The largest absolute Gasteiger partial charge is 0.459 e. The first-order valence-corrected chi connectivity index (χ1v) is 7.04. The van der Waals surface area contributed by atoms with Crippen LogP contribution in [0.15, 0.2) is 39.5 Å². The zero-order chi connectivity index (χ0) is 12.8. The molecule has 0 aromatic carbocycles. The predicted octanol–water partition coefficient (Wildman–Crippen LogP) is 4.59. The van der Waals surface area contributed by atoms with Crippen molar-refractivity contribution in [3.63, 3.8) is 0 Å². The van der Waals surface area contributed by atoms with Crippen molar-refractivity contribution in [2.75, 3.05) is 0 Å². The fourth-order valence-corrected chi connectivity index (χ4v) is 2.98. The third-order valence-electron chi connectivity index (χ3n) is 3.47. The Labute approximate surface area is 118 Å². The second-order valence-corrected chi connectivity index (χ2v) is 5.48. The lowest BCUT2D eigenvalue weighted by atomic mass is 10.0. The van der Waals surface area contributed by atoms with Crippen molar-refractivity contribution < 1.29 is 4.42 Å². The van der Waals surface area contributed by atoms with Gasteiger partial charge in [0.05, 0.1) is 9.86 Å².